The maximum Gasteiger partial charge on any atom is 0.270 e. The summed E-state index contributed by atoms with van der Waals surface area (Å²) < 4.78 is 22.3. The highest BCUT2D eigenvalue weighted by Gasteiger charge is 2.32. The highest BCUT2D eigenvalue weighted by atomic mass is 32.3. The summed E-state index contributed by atoms with van der Waals surface area (Å²) in [5.74, 6) is -0.406. The number of carbonyl (C=O) groups excluding carboxylic acids is 2. The second-order valence-electron chi connectivity index (χ2n) is 8.19. The van der Waals surface area contributed by atoms with Crippen LogP contribution >= 0.6 is 10.8 Å². The minimum absolute atomic E-state index is 0.120. The summed E-state index contributed by atoms with van der Waals surface area (Å²) >= 11 is 0. The van der Waals surface area contributed by atoms with Gasteiger partial charge in [-0.25, -0.2) is 9.27 Å². The Morgan fingerprint density at radius 1 is 0.943 bits per heavy atom. The van der Waals surface area contributed by atoms with E-state index in [0.29, 0.717) is 40.4 Å². The van der Waals surface area contributed by atoms with Crippen molar-refractivity contribution in [2.45, 2.75) is 10.9 Å². The van der Waals surface area contributed by atoms with Gasteiger partial charge >= 0.3 is 0 Å². The predicted molar refractivity (Wildman–Crippen MR) is 135 cm³/mol. The Morgan fingerprint density at radius 3 is 2.43 bits per heavy atom. The smallest absolute Gasteiger partial charge is 0.270 e. The molecule has 1 unspecified atom stereocenters. The lowest BCUT2D eigenvalue weighted by Gasteiger charge is -2.39. The van der Waals surface area contributed by atoms with Crippen LogP contribution in [0.3, 0.4) is 0 Å². The molecule has 9 nitrogen and oxygen atoms in total. The maximum absolute atomic E-state index is 12.8. The highest BCUT2D eigenvalue weighted by Crippen LogP contribution is 2.50. The number of likely N-dealkylation sites (tertiary alicyclic amines) is 1. The molecule has 2 aromatic heterocycles. The van der Waals surface area contributed by atoms with Gasteiger partial charge in [0.15, 0.2) is 4.90 Å². The van der Waals surface area contributed by atoms with Crippen LogP contribution in [0.5, 0.6) is 0 Å². The Morgan fingerprint density at radius 2 is 1.69 bits per heavy atom. The van der Waals surface area contributed by atoms with E-state index in [-0.39, 0.29) is 17.9 Å². The number of anilines is 1. The highest BCUT2D eigenvalue weighted by molar-refractivity contribution is 8.25. The molecule has 35 heavy (non-hydrogen) atoms. The zero-order valence-electron chi connectivity index (χ0n) is 18.6. The van der Waals surface area contributed by atoms with E-state index in [9.17, 15) is 14.1 Å². The van der Waals surface area contributed by atoms with Gasteiger partial charge in [-0.2, -0.15) is 0 Å². The van der Waals surface area contributed by atoms with Crippen LogP contribution in [0, 0.1) is 0 Å². The molecule has 0 spiro atoms. The lowest BCUT2D eigenvalue weighted by atomic mass is 10.1. The number of amides is 2. The van der Waals surface area contributed by atoms with E-state index < -0.39 is 10.8 Å². The first kappa shape index (κ1) is 22.8. The Balaban J connectivity index is 1.20. The second-order valence-corrected chi connectivity index (χ2v) is 9.99. The fourth-order valence-corrected chi connectivity index (χ4v) is 5.21. The number of para-hydroxylation sites is 1. The van der Waals surface area contributed by atoms with Crippen LogP contribution in [0.15, 0.2) is 90.1 Å². The number of rotatable bonds is 6. The number of nitrogens with one attached hydrogen (secondary N) is 2. The molecule has 2 amide bonds. The molecule has 0 saturated carbocycles. The van der Waals surface area contributed by atoms with Crippen molar-refractivity contribution in [1.29, 1.82) is 0 Å². The first-order valence-corrected chi connectivity index (χ1v) is 12.5. The number of nitrogens with zero attached hydrogens (tertiary/aromatic N) is 3. The molecule has 1 aliphatic rings. The van der Waals surface area contributed by atoms with E-state index in [4.69, 9.17) is 4.55 Å². The second kappa shape index (κ2) is 9.34. The van der Waals surface area contributed by atoms with Crippen molar-refractivity contribution in [2.75, 3.05) is 17.8 Å². The van der Waals surface area contributed by atoms with Crippen molar-refractivity contribution in [3.8, 4) is 0 Å². The topological polar surface area (TPSA) is 130 Å². The molecule has 178 valence electrons. The predicted octanol–water partition coefficient (Wildman–Crippen LogP) is 3.19. The minimum atomic E-state index is -3.13. The monoisotopic (exact) mass is 490 g/mol. The Kier molecular flexibility index (Phi) is 6.08. The Hall–Kier alpha value is -3.99. The first-order chi connectivity index (χ1) is 16.9. The van der Waals surface area contributed by atoms with Crippen molar-refractivity contribution in [1.82, 2.24) is 20.2 Å². The molecule has 1 saturated heterocycles. The zero-order valence-corrected chi connectivity index (χ0v) is 19.4. The minimum Gasteiger partial charge on any atom is -0.344 e. The van der Waals surface area contributed by atoms with E-state index in [0.717, 1.165) is 5.39 Å². The summed E-state index contributed by atoms with van der Waals surface area (Å²) in [7, 11) is -3.13. The molecule has 4 aromatic rings. The van der Waals surface area contributed by atoms with Gasteiger partial charge in [0.05, 0.1) is 17.2 Å². The van der Waals surface area contributed by atoms with Crippen LogP contribution in [0.1, 0.15) is 20.8 Å². The first-order valence-electron chi connectivity index (χ1n) is 10.9. The van der Waals surface area contributed by atoms with E-state index >= 15 is 0 Å². The molecule has 3 heterocycles. The van der Waals surface area contributed by atoms with Crippen LogP contribution in [0.2, 0.25) is 0 Å². The molecule has 0 bridgehead atoms. The van der Waals surface area contributed by atoms with Crippen LogP contribution in [0.25, 0.3) is 10.9 Å². The lowest BCUT2D eigenvalue weighted by Crippen LogP contribution is -2.61. The molecule has 1 atom stereocenters. The number of aromatic nitrogens is 2. The van der Waals surface area contributed by atoms with Crippen LogP contribution in [-0.2, 0) is 0 Å². The Labute approximate surface area is 203 Å². The summed E-state index contributed by atoms with van der Waals surface area (Å²) in [6.07, 6.45) is 3.19. The lowest BCUT2D eigenvalue weighted by molar-refractivity contribution is 0.0542. The Bertz CT molecular complexity index is 1370. The van der Waals surface area contributed by atoms with Crippen LogP contribution in [-0.4, -0.2) is 54.9 Å². The summed E-state index contributed by atoms with van der Waals surface area (Å²) in [6, 6.07) is 20.7. The fourth-order valence-electron chi connectivity index (χ4n) is 3.90. The molecule has 10 heteroatoms. The summed E-state index contributed by atoms with van der Waals surface area (Å²) in [5.41, 5.74) is 1.92. The third-order valence-electron chi connectivity index (χ3n) is 5.71. The van der Waals surface area contributed by atoms with E-state index in [1.165, 1.54) is 0 Å². The van der Waals surface area contributed by atoms with Gasteiger partial charge < -0.3 is 14.8 Å². The molecular weight excluding hydrogens is 466 g/mol. The molecular formula is C25H24N5O4S+. The zero-order chi connectivity index (χ0) is 24.4. The van der Waals surface area contributed by atoms with Crippen molar-refractivity contribution in [3.05, 3.63) is 96.4 Å². The molecule has 5 N–H and O–H groups in total. The molecule has 2 aromatic carbocycles. The molecule has 1 fully saturated rings. The average molecular weight is 491 g/mol. The molecule has 1 aliphatic heterocycles. The van der Waals surface area contributed by atoms with E-state index in [1.54, 1.807) is 71.9 Å². The fraction of sp³-hybridized carbons (Fsp3) is 0.120. The molecule has 0 aliphatic carbocycles. The van der Waals surface area contributed by atoms with E-state index in [2.05, 4.69) is 20.0 Å². The van der Waals surface area contributed by atoms with Gasteiger partial charge in [-0.05, 0) is 48.5 Å². The quantitative estimate of drug-likeness (QED) is 0.356. The average Bonchev–Trinajstić information content (AvgIpc) is 2.86. The van der Waals surface area contributed by atoms with Gasteiger partial charge in [0.25, 0.3) is 11.8 Å². The molecule has 0 radical (unpaired) electrons. The number of hydrogen-bond acceptors (Lipinski definition) is 6. The van der Waals surface area contributed by atoms with Gasteiger partial charge in [-0.1, -0.05) is 24.3 Å². The van der Waals surface area contributed by atoms with Gasteiger partial charge in [-0.15, -0.1) is 0 Å². The van der Waals surface area contributed by atoms with Gasteiger partial charge in [0.1, 0.15) is 5.69 Å². The largest absolute Gasteiger partial charge is 0.344 e. The SMILES string of the molecule is O=C(NC1CN(C(=O)c2ccc(NS(O)([OH2+])c3cccc4cccnc34)cc2)C1)c1ccccn1. The van der Waals surface area contributed by atoms with E-state index in [1.807, 2.05) is 18.2 Å². The normalized spacial score (nSPS) is 16.1. The van der Waals surface area contributed by atoms with Gasteiger partial charge in [0.2, 0.25) is 0 Å². The maximum atomic E-state index is 12.8. The van der Waals surface area contributed by atoms with Crippen molar-refractivity contribution < 1.29 is 18.7 Å². The van der Waals surface area contributed by atoms with Crippen molar-refractivity contribution >= 4 is 39.2 Å². The summed E-state index contributed by atoms with van der Waals surface area (Å²) in [5, 5.41) is 3.72. The number of hydrogen-bond donors (Lipinski definition) is 3. The number of carbonyl (C=O) groups is 2. The van der Waals surface area contributed by atoms with Crippen molar-refractivity contribution in [2.24, 2.45) is 0 Å². The van der Waals surface area contributed by atoms with Crippen LogP contribution in [0.4, 0.5) is 5.69 Å². The number of benzene rings is 2. The number of pyridine rings is 2. The van der Waals surface area contributed by atoms with Gasteiger partial charge in [-0.3, -0.25) is 19.6 Å². The van der Waals surface area contributed by atoms with Crippen LogP contribution < -0.4 is 10.0 Å². The molecule has 5 rings (SSSR count). The van der Waals surface area contributed by atoms with Crippen molar-refractivity contribution in [3.63, 3.8) is 0 Å². The number of fused-ring (bicyclic) bond motifs is 1. The summed E-state index contributed by atoms with van der Waals surface area (Å²) in [6.45, 7) is 0.838. The summed E-state index contributed by atoms with van der Waals surface area (Å²) in [4.78, 5) is 35.4. The third kappa shape index (κ3) is 4.80. The standard InChI is InChI=1S/C25H23N5O4S/c31-24(21-7-1-2-13-26-21)28-20-15-30(16-20)25(32)18-9-11-19(12-10-18)29-35(33,34)22-8-3-5-17-6-4-14-27-23(17)22/h1-14,20,29,33-34H,15-16H2,(H,28,31)/p+1. The third-order valence-corrected chi connectivity index (χ3v) is 7.21. The van der Waals surface area contributed by atoms with Gasteiger partial charge in [0, 0.05) is 47.2 Å².